The smallest absolute Gasteiger partial charge is 0.310 e. The van der Waals surface area contributed by atoms with E-state index in [-0.39, 0.29) is 18.9 Å². The number of hydrogen-bond acceptors (Lipinski definition) is 3. The van der Waals surface area contributed by atoms with Crippen molar-refractivity contribution < 1.29 is 19.5 Å². The van der Waals surface area contributed by atoms with Crippen molar-refractivity contribution >= 4 is 11.9 Å². The van der Waals surface area contributed by atoms with Crippen molar-refractivity contribution in [2.75, 3.05) is 0 Å². The second-order valence-corrected chi connectivity index (χ2v) is 5.62. The molecule has 1 fully saturated rings. The van der Waals surface area contributed by atoms with Crippen molar-refractivity contribution in [2.45, 2.75) is 45.1 Å². The second-order valence-electron chi connectivity index (χ2n) is 5.62. The molecule has 5 heteroatoms. The average Bonchev–Trinajstić information content (AvgIpc) is 2.49. The Balaban J connectivity index is 1.81. The molecule has 0 atom stereocenters. The molecule has 0 saturated heterocycles. The molecule has 0 unspecified atom stereocenters. The normalized spacial score (nSPS) is 17.1. The SMILES string of the molecule is O=C(CC1(C(=O)O)CCCCC1)NOCc1ccccc1. The zero-order valence-corrected chi connectivity index (χ0v) is 12.0. The van der Waals surface area contributed by atoms with E-state index in [2.05, 4.69) is 5.48 Å². The minimum absolute atomic E-state index is 0.0167. The molecular weight excluding hydrogens is 270 g/mol. The lowest BCUT2D eigenvalue weighted by atomic mass is 9.72. The van der Waals surface area contributed by atoms with Crippen LogP contribution in [0.5, 0.6) is 0 Å². The van der Waals surface area contributed by atoms with E-state index < -0.39 is 11.4 Å². The lowest BCUT2D eigenvalue weighted by Gasteiger charge is -2.32. The summed E-state index contributed by atoms with van der Waals surface area (Å²) in [5.74, 6) is -1.24. The summed E-state index contributed by atoms with van der Waals surface area (Å²) < 4.78 is 0. The van der Waals surface area contributed by atoms with Crippen LogP contribution < -0.4 is 5.48 Å². The molecule has 0 bridgehead atoms. The van der Waals surface area contributed by atoms with Gasteiger partial charge in [-0.25, -0.2) is 5.48 Å². The third kappa shape index (κ3) is 4.29. The Morgan fingerprint density at radius 2 is 1.81 bits per heavy atom. The minimum atomic E-state index is -0.918. The first kappa shape index (κ1) is 15.5. The van der Waals surface area contributed by atoms with Gasteiger partial charge in [-0.3, -0.25) is 14.4 Å². The van der Waals surface area contributed by atoms with Crippen LogP contribution in [0.25, 0.3) is 0 Å². The highest BCUT2D eigenvalue weighted by molar-refractivity contribution is 5.84. The van der Waals surface area contributed by atoms with Crippen molar-refractivity contribution in [1.82, 2.24) is 5.48 Å². The van der Waals surface area contributed by atoms with Gasteiger partial charge in [0.25, 0.3) is 0 Å². The van der Waals surface area contributed by atoms with Crippen molar-refractivity contribution in [2.24, 2.45) is 5.41 Å². The zero-order valence-electron chi connectivity index (χ0n) is 12.0. The molecule has 21 heavy (non-hydrogen) atoms. The van der Waals surface area contributed by atoms with Gasteiger partial charge in [-0.2, -0.15) is 0 Å². The summed E-state index contributed by atoms with van der Waals surface area (Å²) >= 11 is 0. The molecule has 1 aromatic carbocycles. The van der Waals surface area contributed by atoms with Crippen LogP contribution in [0.3, 0.4) is 0 Å². The fraction of sp³-hybridized carbons (Fsp3) is 0.500. The fourth-order valence-electron chi connectivity index (χ4n) is 2.81. The molecule has 1 aromatic rings. The van der Waals surface area contributed by atoms with Crippen LogP contribution in [0, 0.1) is 5.41 Å². The van der Waals surface area contributed by atoms with Crippen molar-refractivity contribution in [3.05, 3.63) is 35.9 Å². The van der Waals surface area contributed by atoms with Gasteiger partial charge in [-0.15, -0.1) is 0 Å². The average molecular weight is 291 g/mol. The number of amides is 1. The summed E-state index contributed by atoms with van der Waals surface area (Å²) in [4.78, 5) is 28.6. The quantitative estimate of drug-likeness (QED) is 0.790. The summed E-state index contributed by atoms with van der Waals surface area (Å²) in [6, 6.07) is 9.48. The van der Waals surface area contributed by atoms with Crippen LogP contribution in [-0.4, -0.2) is 17.0 Å². The van der Waals surface area contributed by atoms with E-state index in [0.29, 0.717) is 12.8 Å². The van der Waals surface area contributed by atoms with Crippen LogP contribution in [0.15, 0.2) is 30.3 Å². The molecule has 0 aliphatic heterocycles. The number of benzene rings is 1. The van der Waals surface area contributed by atoms with E-state index in [1.807, 2.05) is 30.3 Å². The van der Waals surface area contributed by atoms with Gasteiger partial charge in [0.15, 0.2) is 0 Å². The van der Waals surface area contributed by atoms with Crippen LogP contribution in [0.1, 0.15) is 44.1 Å². The molecule has 5 nitrogen and oxygen atoms in total. The van der Waals surface area contributed by atoms with Gasteiger partial charge in [-0.05, 0) is 18.4 Å². The van der Waals surface area contributed by atoms with Crippen molar-refractivity contribution in [1.29, 1.82) is 0 Å². The van der Waals surface area contributed by atoms with E-state index in [0.717, 1.165) is 24.8 Å². The maximum Gasteiger partial charge on any atom is 0.310 e. The van der Waals surface area contributed by atoms with Crippen molar-refractivity contribution in [3.63, 3.8) is 0 Å². The number of carbonyl (C=O) groups is 2. The predicted molar refractivity (Wildman–Crippen MR) is 77.1 cm³/mol. The largest absolute Gasteiger partial charge is 0.481 e. The molecule has 1 aliphatic rings. The molecule has 0 radical (unpaired) electrons. The topological polar surface area (TPSA) is 75.6 Å². The van der Waals surface area contributed by atoms with Crippen LogP contribution in [0.4, 0.5) is 0 Å². The number of rotatable bonds is 6. The van der Waals surface area contributed by atoms with Gasteiger partial charge >= 0.3 is 5.97 Å². The minimum Gasteiger partial charge on any atom is -0.481 e. The summed E-state index contributed by atoms with van der Waals surface area (Å²) in [5.41, 5.74) is 2.39. The first-order chi connectivity index (χ1) is 10.1. The Kier molecular flexibility index (Phi) is 5.33. The molecular formula is C16H21NO4. The van der Waals surface area contributed by atoms with Gasteiger partial charge in [0.1, 0.15) is 0 Å². The summed E-state index contributed by atoms with van der Waals surface area (Å²) in [5, 5.41) is 9.42. The Bertz CT molecular complexity index is 480. The highest BCUT2D eigenvalue weighted by Gasteiger charge is 2.41. The van der Waals surface area contributed by atoms with E-state index in [4.69, 9.17) is 4.84 Å². The summed E-state index contributed by atoms with van der Waals surface area (Å²) in [6.45, 7) is 0.270. The number of hydrogen-bond donors (Lipinski definition) is 2. The lowest BCUT2D eigenvalue weighted by molar-refractivity contribution is -0.156. The number of aliphatic carboxylic acids is 1. The Labute approximate surface area is 124 Å². The van der Waals surface area contributed by atoms with Crippen LogP contribution in [-0.2, 0) is 21.0 Å². The van der Waals surface area contributed by atoms with Crippen LogP contribution >= 0.6 is 0 Å². The van der Waals surface area contributed by atoms with E-state index in [1.54, 1.807) is 0 Å². The summed E-state index contributed by atoms with van der Waals surface area (Å²) in [7, 11) is 0. The summed E-state index contributed by atoms with van der Waals surface area (Å²) in [6.07, 6.45) is 3.88. The van der Waals surface area contributed by atoms with Gasteiger partial charge in [0, 0.05) is 6.42 Å². The number of hydroxylamine groups is 1. The Morgan fingerprint density at radius 3 is 2.43 bits per heavy atom. The number of carboxylic acids is 1. The monoisotopic (exact) mass is 291 g/mol. The molecule has 2 N–H and O–H groups in total. The molecule has 1 amide bonds. The maximum atomic E-state index is 11.9. The number of carboxylic acid groups (broad SMARTS) is 1. The lowest BCUT2D eigenvalue weighted by Crippen LogP contribution is -2.39. The molecule has 1 saturated carbocycles. The maximum absolute atomic E-state index is 11.9. The van der Waals surface area contributed by atoms with Crippen LogP contribution in [0.2, 0.25) is 0 Å². The van der Waals surface area contributed by atoms with Gasteiger partial charge in [0.05, 0.1) is 12.0 Å². The number of carbonyl (C=O) groups excluding carboxylic acids is 1. The second kappa shape index (κ2) is 7.22. The number of nitrogens with one attached hydrogen (secondary N) is 1. The molecule has 0 aromatic heterocycles. The molecule has 1 aliphatic carbocycles. The molecule has 0 heterocycles. The van der Waals surface area contributed by atoms with E-state index >= 15 is 0 Å². The first-order valence-electron chi connectivity index (χ1n) is 7.30. The molecule has 0 spiro atoms. The van der Waals surface area contributed by atoms with Gasteiger partial charge in [0.2, 0.25) is 5.91 Å². The third-order valence-electron chi connectivity index (χ3n) is 4.03. The Morgan fingerprint density at radius 1 is 1.14 bits per heavy atom. The highest BCUT2D eigenvalue weighted by atomic mass is 16.6. The predicted octanol–water partition coefficient (Wildman–Crippen LogP) is 2.66. The standard InChI is InChI=1S/C16H21NO4/c18-14(17-21-12-13-7-3-1-4-8-13)11-16(15(19)20)9-5-2-6-10-16/h1,3-4,7-8H,2,5-6,9-12H2,(H,17,18)(H,19,20). The first-order valence-corrected chi connectivity index (χ1v) is 7.30. The van der Waals surface area contributed by atoms with E-state index in [1.165, 1.54) is 0 Å². The highest BCUT2D eigenvalue weighted by Crippen LogP contribution is 2.39. The zero-order chi connectivity index (χ0) is 15.1. The third-order valence-corrected chi connectivity index (χ3v) is 4.03. The molecule has 114 valence electrons. The van der Waals surface area contributed by atoms with E-state index in [9.17, 15) is 14.7 Å². The van der Waals surface area contributed by atoms with Gasteiger partial charge in [-0.1, -0.05) is 49.6 Å². The fourth-order valence-corrected chi connectivity index (χ4v) is 2.81. The Hall–Kier alpha value is -1.88. The van der Waals surface area contributed by atoms with Crippen molar-refractivity contribution in [3.8, 4) is 0 Å². The van der Waals surface area contributed by atoms with Gasteiger partial charge < -0.3 is 5.11 Å². The molecule has 2 rings (SSSR count).